The van der Waals surface area contributed by atoms with Gasteiger partial charge in [-0.2, -0.15) is 4.37 Å². The Kier molecular flexibility index (Phi) is 4.28. The highest BCUT2D eigenvalue weighted by molar-refractivity contribution is 7.09. The van der Waals surface area contributed by atoms with Gasteiger partial charge in [0.1, 0.15) is 11.6 Å². The first-order valence-electron chi connectivity index (χ1n) is 9.43. The Balaban J connectivity index is 1.39. The van der Waals surface area contributed by atoms with Crippen molar-refractivity contribution < 1.29 is 9.21 Å². The molecule has 1 amide bonds. The number of carbonyl (C=O) groups is 1. The van der Waals surface area contributed by atoms with E-state index >= 15 is 0 Å². The Morgan fingerprint density at radius 1 is 1.21 bits per heavy atom. The van der Waals surface area contributed by atoms with Crippen LogP contribution in [0.1, 0.15) is 34.8 Å². The van der Waals surface area contributed by atoms with E-state index in [4.69, 9.17) is 4.42 Å². The fraction of sp³-hybridized carbons (Fsp3) is 0.238. The number of rotatable bonds is 3. The van der Waals surface area contributed by atoms with Crippen molar-refractivity contribution in [2.24, 2.45) is 0 Å². The standard InChI is InChI=1S/C21H19N5O2S/c1-13-17-12-22-19(20-23-14(2)24-29-20)26(17)10-9-25(13)21(27)16-7-5-15(6-8-16)18-4-3-11-28-18/h3-8,11-13H,9-10H2,1-2H3/t13-/m1/s1. The molecule has 0 spiro atoms. The van der Waals surface area contributed by atoms with Crippen molar-refractivity contribution >= 4 is 17.4 Å². The van der Waals surface area contributed by atoms with Gasteiger partial charge in [0.25, 0.3) is 5.91 Å². The summed E-state index contributed by atoms with van der Waals surface area (Å²) < 4.78 is 11.8. The number of benzene rings is 1. The number of hydrogen-bond donors (Lipinski definition) is 0. The van der Waals surface area contributed by atoms with E-state index in [1.54, 1.807) is 6.26 Å². The van der Waals surface area contributed by atoms with Crippen molar-refractivity contribution in [3.05, 3.63) is 65.9 Å². The average molecular weight is 405 g/mol. The maximum atomic E-state index is 13.2. The lowest BCUT2D eigenvalue weighted by atomic mass is 10.1. The van der Waals surface area contributed by atoms with Crippen LogP contribution in [0.5, 0.6) is 0 Å². The lowest BCUT2D eigenvalue weighted by molar-refractivity contribution is 0.0645. The lowest BCUT2D eigenvalue weighted by Crippen LogP contribution is -2.41. The Morgan fingerprint density at radius 2 is 2.03 bits per heavy atom. The van der Waals surface area contributed by atoms with E-state index in [-0.39, 0.29) is 11.9 Å². The van der Waals surface area contributed by atoms with Gasteiger partial charge in [-0.05, 0) is 49.6 Å². The number of imidazole rings is 1. The van der Waals surface area contributed by atoms with Crippen LogP contribution >= 0.6 is 11.5 Å². The van der Waals surface area contributed by atoms with Crippen molar-refractivity contribution in [2.45, 2.75) is 26.4 Å². The number of furan rings is 1. The van der Waals surface area contributed by atoms with Crippen LogP contribution in [0.3, 0.4) is 0 Å². The molecule has 7 nitrogen and oxygen atoms in total. The third-order valence-corrected chi connectivity index (χ3v) is 6.07. The first-order chi connectivity index (χ1) is 14.1. The zero-order chi connectivity index (χ0) is 20.0. The molecule has 0 N–H and O–H groups in total. The number of carbonyl (C=O) groups excluding carboxylic acids is 1. The molecule has 0 bridgehead atoms. The van der Waals surface area contributed by atoms with Gasteiger partial charge in [-0.1, -0.05) is 12.1 Å². The maximum Gasteiger partial charge on any atom is 0.254 e. The van der Waals surface area contributed by atoms with Crippen molar-refractivity contribution in [1.82, 2.24) is 23.8 Å². The molecule has 4 heterocycles. The first kappa shape index (κ1) is 17.8. The number of amides is 1. The van der Waals surface area contributed by atoms with Gasteiger partial charge in [-0.15, -0.1) is 0 Å². The molecule has 8 heteroatoms. The molecule has 146 valence electrons. The monoisotopic (exact) mass is 405 g/mol. The van der Waals surface area contributed by atoms with Crippen LogP contribution in [0.25, 0.3) is 22.2 Å². The minimum absolute atomic E-state index is 0.0178. The average Bonchev–Trinajstić information content (AvgIpc) is 3.48. The lowest BCUT2D eigenvalue weighted by Gasteiger charge is -2.35. The van der Waals surface area contributed by atoms with E-state index in [1.807, 2.05) is 61.3 Å². The molecule has 3 aromatic heterocycles. The number of nitrogens with zero attached hydrogens (tertiary/aromatic N) is 5. The van der Waals surface area contributed by atoms with E-state index in [2.05, 4.69) is 18.9 Å². The van der Waals surface area contributed by atoms with Crippen molar-refractivity contribution in [2.75, 3.05) is 6.54 Å². The van der Waals surface area contributed by atoms with E-state index in [0.29, 0.717) is 18.7 Å². The highest BCUT2D eigenvalue weighted by Gasteiger charge is 2.31. The first-order valence-corrected chi connectivity index (χ1v) is 10.2. The van der Waals surface area contributed by atoms with Gasteiger partial charge < -0.3 is 13.9 Å². The fourth-order valence-corrected chi connectivity index (χ4v) is 4.42. The molecule has 1 atom stereocenters. The summed E-state index contributed by atoms with van der Waals surface area (Å²) in [5.41, 5.74) is 2.63. The molecule has 0 saturated heterocycles. The van der Waals surface area contributed by atoms with Gasteiger partial charge in [0.2, 0.25) is 0 Å². The molecule has 0 aliphatic carbocycles. The Labute approximate surface area is 171 Å². The zero-order valence-electron chi connectivity index (χ0n) is 16.1. The van der Waals surface area contributed by atoms with E-state index in [1.165, 1.54) is 11.5 Å². The van der Waals surface area contributed by atoms with Crippen LogP contribution in [0.15, 0.2) is 53.3 Å². The molecule has 4 aromatic rings. The Morgan fingerprint density at radius 3 is 2.72 bits per heavy atom. The summed E-state index contributed by atoms with van der Waals surface area (Å²) in [5.74, 6) is 2.39. The number of aryl methyl sites for hydroxylation is 1. The minimum Gasteiger partial charge on any atom is -0.464 e. The Bertz CT molecular complexity index is 1160. The van der Waals surface area contributed by atoms with Crippen LogP contribution < -0.4 is 0 Å². The minimum atomic E-state index is -0.0729. The second kappa shape index (κ2) is 6.97. The fourth-order valence-electron chi connectivity index (χ4n) is 3.74. The van der Waals surface area contributed by atoms with Gasteiger partial charge in [-0.25, -0.2) is 9.97 Å². The summed E-state index contributed by atoms with van der Waals surface area (Å²) in [6.07, 6.45) is 3.49. The van der Waals surface area contributed by atoms with Crippen molar-refractivity contribution in [3.63, 3.8) is 0 Å². The normalized spacial score (nSPS) is 16.1. The van der Waals surface area contributed by atoms with E-state index in [9.17, 15) is 4.79 Å². The quantitative estimate of drug-likeness (QED) is 0.511. The van der Waals surface area contributed by atoms with Crippen LogP contribution in [0.2, 0.25) is 0 Å². The second-order valence-electron chi connectivity index (χ2n) is 7.03. The van der Waals surface area contributed by atoms with Gasteiger partial charge in [0.05, 0.1) is 24.2 Å². The molecule has 0 fully saturated rings. The van der Waals surface area contributed by atoms with Crippen molar-refractivity contribution in [1.29, 1.82) is 0 Å². The molecule has 1 aromatic carbocycles. The molecule has 0 unspecified atom stereocenters. The largest absolute Gasteiger partial charge is 0.464 e. The molecule has 29 heavy (non-hydrogen) atoms. The van der Waals surface area contributed by atoms with E-state index in [0.717, 1.165) is 33.7 Å². The highest BCUT2D eigenvalue weighted by Crippen LogP contribution is 2.32. The third-order valence-electron chi connectivity index (χ3n) is 5.26. The van der Waals surface area contributed by atoms with Crippen LogP contribution in [-0.2, 0) is 6.54 Å². The summed E-state index contributed by atoms with van der Waals surface area (Å²) in [7, 11) is 0. The molecule has 1 aliphatic heterocycles. The van der Waals surface area contributed by atoms with Gasteiger partial charge in [-0.3, -0.25) is 4.79 Å². The molecule has 0 saturated carbocycles. The summed E-state index contributed by atoms with van der Waals surface area (Å²) in [6.45, 7) is 5.22. The van der Waals surface area contributed by atoms with E-state index < -0.39 is 0 Å². The molecular weight excluding hydrogens is 386 g/mol. The molecule has 1 aliphatic rings. The number of hydrogen-bond acceptors (Lipinski definition) is 6. The smallest absolute Gasteiger partial charge is 0.254 e. The van der Waals surface area contributed by atoms with Gasteiger partial charge >= 0.3 is 0 Å². The Hall–Kier alpha value is -3.26. The predicted molar refractivity (Wildman–Crippen MR) is 109 cm³/mol. The summed E-state index contributed by atoms with van der Waals surface area (Å²) in [5, 5.41) is 0.814. The van der Waals surface area contributed by atoms with Gasteiger partial charge in [0.15, 0.2) is 10.8 Å². The third kappa shape index (κ3) is 3.05. The summed E-state index contributed by atoms with van der Waals surface area (Å²) in [4.78, 5) is 24.1. The number of fused-ring (bicyclic) bond motifs is 1. The SMILES string of the molecule is Cc1nsc(-c2ncc3n2CCN(C(=O)c2ccc(-c4ccco4)cc2)[C@@H]3C)n1. The van der Waals surface area contributed by atoms with Gasteiger partial charge in [0, 0.05) is 24.2 Å². The predicted octanol–water partition coefficient (Wildman–Crippen LogP) is 4.19. The zero-order valence-corrected chi connectivity index (χ0v) is 16.9. The molecular formula is C21H19N5O2S. The second-order valence-corrected chi connectivity index (χ2v) is 7.79. The summed E-state index contributed by atoms with van der Waals surface area (Å²) >= 11 is 1.35. The van der Waals surface area contributed by atoms with Crippen LogP contribution in [0.4, 0.5) is 0 Å². The summed E-state index contributed by atoms with van der Waals surface area (Å²) in [6, 6.07) is 11.2. The molecule has 0 radical (unpaired) electrons. The number of aromatic nitrogens is 4. The highest BCUT2D eigenvalue weighted by atomic mass is 32.1. The topological polar surface area (TPSA) is 77.0 Å². The maximum absolute atomic E-state index is 13.2. The van der Waals surface area contributed by atoms with Crippen LogP contribution in [0, 0.1) is 6.92 Å². The van der Waals surface area contributed by atoms with Crippen LogP contribution in [-0.4, -0.2) is 36.3 Å². The van der Waals surface area contributed by atoms with Crippen molar-refractivity contribution in [3.8, 4) is 22.2 Å². The molecule has 5 rings (SSSR count).